The standard InChI is InChI=1S/C3H7O/c1-2-3-4/h2-3H2,1H3/i1D3,2D2,3D2. The smallest absolute Gasteiger partial charge is 0.0819 e. The summed E-state index contributed by atoms with van der Waals surface area (Å²) in [5.74, 6) is 0. The first-order valence-corrected chi connectivity index (χ1v) is 0.704. The van der Waals surface area contributed by atoms with E-state index in [1.54, 1.807) is 0 Å². The first-order valence-electron chi connectivity index (χ1n) is 4.20. The summed E-state index contributed by atoms with van der Waals surface area (Å²) in [7, 11) is 0. The lowest BCUT2D eigenvalue weighted by atomic mass is 10.5. The van der Waals surface area contributed by atoms with Crippen LogP contribution in [0.1, 0.15) is 22.8 Å². The van der Waals surface area contributed by atoms with Crippen LogP contribution in [0.15, 0.2) is 0 Å². The van der Waals surface area contributed by atoms with Gasteiger partial charge in [0.05, 0.1) is 9.30 Å². The van der Waals surface area contributed by atoms with E-state index >= 15 is 0 Å². The van der Waals surface area contributed by atoms with Gasteiger partial charge in [0.2, 0.25) is 0 Å². The molecular weight excluding hydrogens is 52.0 g/mol. The van der Waals surface area contributed by atoms with E-state index in [4.69, 9.17) is 9.60 Å². The van der Waals surface area contributed by atoms with Crippen molar-refractivity contribution in [2.75, 3.05) is 6.56 Å². The summed E-state index contributed by atoms with van der Waals surface area (Å²) in [5, 5.41) is 10.4. The third-order valence-electron chi connectivity index (χ3n) is 0.0510. The summed E-state index contributed by atoms with van der Waals surface area (Å²) in [4.78, 5) is 0. The fourth-order valence-electron chi connectivity index (χ4n) is 0. The molecule has 1 nitrogen and oxygen atoms in total. The highest BCUT2D eigenvalue weighted by Gasteiger charge is 1.60. The Hall–Kier alpha value is -0.0400. The third-order valence-corrected chi connectivity index (χ3v) is 0.0510. The van der Waals surface area contributed by atoms with Crippen LogP contribution in [0.2, 0.25) is 0 Å². The Morgan fingerprint density at radius 1 is 2.50 bits per heavy atom. The molecule has 0 rings (SSSR count). The van der Waals surface area contributed by atoms with Gasteiger partial charge in [0.15, 0.2) is 0 Å². The van der Waals surface area contributed by atoms with Gasteiger partial charge >= 0.3 is 0 Å². The summed E-state index contributed by atoms with van der Waals surface area (Å²) < 4.78 is 45.5. The van der Waals surface area contributed by atoms with E-state index in [9.17, 15) is 5.11 Å². The maximum absolute atomic E-state index is 10.4. The second kappa shape index (κ2) is 2.96. The minimum Gasteiger partial charge on any atom is -0.237 e. The summed E-state index contributed by atoms with van der Waals surface area (Å²) in [6.07, 6.45) is -3.35. The zero-order valence-corrected chi connectivity index (χ0v) is 1.91. The second-order valence-electron chi connectivity index (χ2n) is 0.227. The maximum atomic E-state index is 10.4. The van der Waals surface area contributed by atoms with Gasteiger partial charge in [-0.2, -0.15) is 0 Å². The number of hydrogen-bond acceptors (Lipinski definition) is 0. The van der Waals surface area contributed by atoms with Crippen LogP contribution in [0.3, 0.4) is 0 Å². The van der Waals surface area contributed by atoms with Crippen LogP contribution in [0.5, 0.6) is 0 Å². The predicted molar refractivity (Wildman–Crippen MR) is 15.8 cm³/mol. The molecule has 0 heterocycles. The average Bonchev–Trinajstić information content (AvgIpc) is 1.58. The highest BCUT2D eigenvalue weighted by molar-refractivity contribution is 4.09. The molecule has 1 radical (unpaired) electrons. The van der Waals surface area contributed by atoms with Crippen LogP contribution in [0, 0.1) is 0 Å². The zero-order valence-electron chi connectivity index (χ0n) is 8.91. The van der Waals surface area contributed by atoms with Crippen molar-refractivity contribution >= 4 is 0 Å². The lowest BCUT2D eigenvalue weighted by molar-refractivity contribution is 0.193. The van der Waals surface area contributed by atoms with Gasteiger partial charge in [-0.25, -0.2) is 5.11 Å². The van der Waals surface area contributed by atoms with Crippen molar-refractivity contribution in [1.82, 2.24) is 0 Å². The molecule has 0 aromatic heterocycles. The molecule has 0 spiro atoms. The summed E-state index contributed by atoms with van der Waals surface area (Å²) in [5.41, 5.74) is 0. The van der Waals surface area contributed by atoms with E-state index in [-0.39, 0.29) is 0 Å². The van der Waals surface area contributed by atoms with Gasteiger partial charge in [0.25, 0.3) is 0 Å². The van der Waals surface area contributed by atoms with Gasteiger partial charge < -0.3 is 0 Å². The predicted octanol–water partition coefficient (Wildman–Crippen LogP) is 0.827. The van der Waals surface area contributed by atoms with E-state index in [0.29, 0.717) is 0 Å². The van der Waals surface area contributed by atoms with Gasteiger partial charge in [-0.05, 0) is 6.37 Å². The molecule has 25 valence electrons. The molecule has 0 fully saturated rings. The highest BCUT2D eigenvalue weighted by Crippen LogP contribution is 1.62. The lowest BCUT2D eigenvalue weighted by Crippen LogP contribution is -1.66. The Labute approximate surface area is 36.1 Å². The van der Waals surface area contributed by atoms with Crippen LogP contribution in [-0.2, 0) is 5.11 Å². The Morgan fingerprint density at radius 2 is 3.25 bits per heavy atom. The maximum Gasteiger partial charge on any atom is 0.0819 e. The Morgan fingerprint density at radius 3 is 3.25 bits per heavy atom. The van der Waals surface area contributed by atoms with Crippen molar-refractivity contribution in [2.24, 2.45) is 0 Å². The normalized spacial score (nSPS) is 43.8. The van der Waals surface area contributed by atoms with E-state index in [1.165, 1.54) is 0 Å². The van der Waals surface area contributed by atoms with Crippen LogP contribution >= 0.6 is 0 Å². The third kappa shape index (κ3) is 1.96. The fourth-order valence-corrected chi connectivity index (χ4v) is 0. The topological polar surface area (TPSA) is 19.9 Å². The minimum absolute atomic E-state index is 3.22. The fraction of sp³-hybridized carbons (Fsp3) is 1.00. The van der Waals surface area contributed by atoms with Crippen molar-refractivity contribution in [3.8, 4) is 0 Å². The van der Waals surface area contributed by atoms with Crippen molar-refractivity contribution < 1.29 is 14.7 Å². The van der Waals surface area contributed by atoms with Crippen LogP contribution < -0.4 is 0 Å². The molecule has 0 bridgehead atoms. The summed E-state index contributed by atoms with van der Waals surface area (Å²) in [6.45, 7) is -6.82. The molecule has 1 heteroatoms. The molecule has 0 aromatic rings. The van der Waals surface area contributed by atoms with Gasteiger partial charge in [-0.1, -0.05) is 6.85 Å². The van der Waals surface area contributed by atoms with Crippen molar-refractivity contribution in [3.05, 3.63) is 0 Å². The van der Waals surface area contributed by atoms with Crippen molar-refractivity contribution in [3.63, 3.8) is 0 Å². The number of hydrogen-bond donors (Lipinski definition) is 0. The van der Waals surface area contributed by atoms with Crippen molar-refractivity contribution in [2.45, 2.75) is 13.2 Å². The van der Waals surface area contributed by atoms with Crippen LogP contribution in [0.4, 0.5) is 0 Å². The molecule has 0 aliphatic carbocycles. The molecule has 0 unspecified atom stereocenters. The van der Waals surface area contributed by atoms with Gasteiger partial charge in [0, 0.05) is 6.85 Å². The van der Waals surface area contributed by atoms with Crippen LogP contribution in [0.25, 0.3) is 0 Å². The minimum atomic E-state index is -3.60. The van der Waals surface area contributed by atoms with Gasteiger partial charge in [0.1, 0.15) is 0 Å². The highest BCUT2D eigenvalue weighted by atomic mass is 16.2. The molecular formula is C3H7O. The van der Waals surface area contributed by atoms with E-state index in [0.717, 1.165) is 0 Å². The van der Waals surface area contributed by atoms with E-state index in [2.05, 4.69) is 0 Å². The molecule has 0 aliphatic heterocycles. The Bertz CT molecular complexity index is 125. The molecule has 0 N–H and O–H groups in total. The van der Waals surface area contributed by atoms with Gasteiger partial charge in [-0.3, -0.25) is 0 Å². The molecule has 0 aromatic carbocycles. The molecule has 0 atom stereocenters. The van der Waals surface area contributed by atoms with Crippen molar-refractivity contribution in [1.29, 1.82) is 0 Å². The molecule has 0 amide bonds. The monoisotopic (exact) mass is 66.1 g/mol. The Kier molecular flexibility index (Phi) is 0.259. The molecule has 0 saturated carbocycles. The molecule has 0 saturated heterocycles. The van der Waals surface area contributed by atoms with E-state index < -0.39 is 19.8 Å². The summed E-state index contributed by atoms with van der Waals surface area (Å²) >= 11 is 0. The Balaban J connectivity index is 4.75. The van der Waals surface area contributed by atoms with Gasteiger partial charge in [-0.15, -0.1) is 0 Å². The number of rotatable bonds is 1. The zero-order chi connectivity index (χ0) is 9.50. The quantitative estimate of drug-likeness (QED) is 0.432. The summed E-state index contributed by atoms with van der Waals surface area (Å²) in [6, 6.07) is 0. The molecule has 4 heavy (non-hydrogen) atoms. The average molecular weight is 66.1 g/mol. The van der Waals surface area contributed by atoms with E-state index in [1.807, 2.05) is 0 Å². The lowest BCUT2D eigenvalue weighted by Gasteiger charge is -1.64. The first kappa shape index (κ1) is 0.350. The first-order chi connectivity index (χ1) is 4.50. The largest absolute Gasteiger partial charge is 0.237 e. The molecule has 0 aliphatic rings. The SMILES string of the molecule is [2H]C([2H])([2H])C([2H])([2H])C([2H])([2H])[O]. The van der Waals surface area contributed by atoms with Crippen LogP contribution in [-0.4, -0.2) is 6.56 Å². The second-order valence-corrected chi connectivity index (χ2v) is 0.227.